The van der Waals surface area contributed by atoms with E-state index >= 15 is 0 Å². The Morgan fingerprint density at radius 1 is 1.00 bits per heavy atom. The molecule has 1 N–H and O–H groups in total. The van der Waals surface area contributed by atoms with Gasteiger partial charge in [-0.1, -0.05) is 6.92 Å². The van der Waals surface area contributed by atoms with Crippen molar-refractivity contribution in [2.24, 2.45) is 0 Å². The second-order valence-corrected chi connectivity index (χ2v) is 7.20. The van der Waals surface area contributed by atoms with E-state index in [4.69, 9.17) is 8.85 Å². The van der Waals surface area contributed by atoms with E-state index in [1.54, 1.807) is 0 Å². The Balaban J connectivity index is 3.65. The normalized spacial score (nSPS) is 12.0. The van der Waals surface area contributed by atoms with Gasteiger partial charge in [-0.3, -0.25) is 0 Å². The van der Waals surface area contributed by atoms with E-state index in [-0.39, 0.29) is 0 Å². The molecule has 4 heteroatoms. The summed E-state index contributed by atoms with van der Waals surface area (Å²) in [5.74, 6) is 0. The summed E-state index contributed by atoms with van der Waals surface area (Å²) in [6, 6.07) is 1.09. The molecule has 0 aliphatic heterocycles. The van der Waals surface area contributed by atoms with Crippen LogP contribution in [0.5, 0.6) is 0 Å². The fourth-order valence-electron chi connectivity index (χ4n) is 1.63. The van der Waals surface area contributed by atoms with Gasteiger partial charge in [0.15, 0.2) is 0 Å². The monoisotopic (exact) mass is 233 g/mol. The summed E-state index contributed by atoms with van der Waals surface area (Å²) in [6.45, 7) is 12.2. The molecular formula is C11H27NO2Si. The summed E-state index contributed by atoms with van der Waals surface area (Å²) in [5.41, 5.74) is 0. The van der Waals surface area contributed by atoms with E-state index in [1.165, 1.54) is 6.42 Å². The molecule has 0 unspecified atom stereocenters. The maximum atomic E-state index is 5.77. The molecular weight excluding hydrogens is 206 g/mol. The van der Waals surface area contributed by atoms with E-state index in [0.717, 1.165) is 38.8 Å². The Morgan fingerprint density at radius 3 is 2.07 bits per heavy atom. The van der Waals surface area contributed by atoms with Crippen molar-refractivity contribution >= 4 is 8.56 Å². The molecule has 3 nitrogen and oxygen atoms in total. The molecule has 0 saturated carbocycles. The third kappa shape index (κ3) is 7.96. The van der Waals surface area contributed by atoms with Crippen LogP contribution in [0, 0.1) is 0 Å². The van der Waals surface area contributed by atoms with Crippen LogP contribution in [-0.4, -0.2) is 34.9 Å². The summed E-state index contributed by atoms with van der Waals surface area (Å²) in [5, 5.41) is 3.40. The maximum absolute atomic E-state index is 5.77. The molecule has 0 aromatic rings. The minimum atomic E-state index is -1.85. The molecule has 0 bridgehead atoms. The Labute approximate surface area is 95.8 Å². The predicted octanol–water partition coefficient (Wildman–Crippen LogP) is 2.52. The molecule has 92 valence electrons. The second kappa shape index (κ2) is 9.33. The zero-order valence-corrected chi connectivity index (χ0v) is 11.8. The number of hydrogen-bond acceptors (Lipinski definition) is 3. The van der Waals surface area contributed by atoms with Crippen molar-refractivity contribution in [1.29, 1.82) is 0 Å². The molecule has 0 fully saturated rings. The Bertz CT molecular complexity index is 139. The first kappa shape index (κ1) is 15.1. The van der Waals surface area contributed by atoms with Gasteiger partial charge in [-0.25, -0.2) is 0 Å². The topological polar surface area (TPSA) is 30.5 Å². The molecule has 0 saturated heterocycles. The van der Waals surface area contributed by atoms with Crippen LogP contribution in [0.2, 0.25) is 12.6 Å². The van der Waals surface area contributed by atoms with Crippen LogP contribution in [0.1, 0.15) is 33.6 Å². The van der Waals surface area contributed by atoms with Crippen LogP contribution in [0.3, 0.4) is 0 Å². The summed E-state index contributed by atoms with van der Waals surface area (Å²) < 4.78 is 11.5. The molecule has 0 rings (SSSR count). The summed E-state index contributed by atoms with van der Waals surface area (Å²) in [6.07, 6.45) is 2.36. The molecule has 0 aromatic carbocycles. The van der Waals surface area contributed by atoms with Gasteiger partial charge in [-0.05, 0) is 52.4 Å². The largest absolute Gasteiger partial charge is 0.395 e. The fourth-order valence-corrected chi connectivity index (χ4v) is 4.05. The minimum absolute atomic E-state index is 0.769. The van der Waals surface area contributed by atoms with Gasteiger partial charge in [0, 0.05) is 13.2 Å². The van der Waals surface area contributed by atoms with E-state index in [9.17, 15) is 0 Å². The first-order chi connectivity index (χ1) is 7.18. The highest BCUT2D eigenvalue weighted by Crippen LogP contribution is 2.15. The smallest absolute Gasteiger partial charge is 0.334 e. The molecule has 0 atom stereocenters. The Morgan fingerprint density at radius 2 is 1.60 bits per heavy atom. The summed E-state index contributed by atoms with van der Waals surface area (Å²) in [7, 11) is -1.85. The Kier molecular flexibility index (Phi) is 9.39. The van der Waals surface area contributed by atoms with E-state index in [2.05, 4.69) is 18.8 Å². The zero-order chi connectivity index (χ0) is 11.6. The molecule has 0 aliphatic rings. The SMILES string of the molecule is CCCNCCC[Si](C)(OCC)OCC. The first-order valence-corrected chi connectivity index (χ1v) is 8.69. The van der Waals surface area contributed by atoms with Crippen LogP contribution in [-0.2, 0) is 8.85 Å². The highest BCUT2D eigenvalue weighted by atomic mass is 28.4. The van der Waals surface area contributed by atoms with Crippen molar-refractivity contribution in [3.8, 4) is 0 Å². The van der Waals surface area contributed by atoms with Crippen molar-refractivity contribution in [2.75, 3.05) is 26.3 Å². The van der Waals surface area contributed by atoms with E-state index < -0.39 is 8.56 Å². The van der Waals surface area contributed by atoms with Crippen molar-refractivity contribution < 1.29 is 8.85 Å². The first-order valence-electron chi connectivity index (χ1n) is 6.17. The van der Waals surface area contributed by atoms with Crippen molar-refractivity contribution in [3.05, 3.63) is 0 Å². The van der Waals surface area contributed by atoms with Crippen LogP contribution >= 0.6 is 0 Å². The van der Waals surface area contributed by atoms with Gasteiger partial charge in [-0.15, -0.1) is 0 Å². The number of rotatable bonds is 10. The summed E-state index contributed by atoms with van der Waals surface area (Å²) in [4.78, 5) is 0. The van der Waals surface area contributed by atoms with Crippen molar-refractivity contribution in [3.63, 3.8) is 0 Å². The minimum Gasteiger partial charge on any atom is -0.395 e. The third-order valence-electron chi connectivity index (χ3n) is 2.31. The molecule has 0 heterocycles. The van der Waals surface area contributed by atoms with Gasteiger partial charge in [0.25, 0.3) is 0 Å². The molecule has 0 aromatic heterocycles. The highest BCUT2D eigenvalue weighted by molar-refractivity contribution is 6.66. The lowest BCUT2D eigenvalue weighted by Crippen LogP contribution is -2.39. The van der Waals surface area contributed by atoms with Crippen LogP contribution in [0.4, 0.5) is 0 Å². The predicted molar refractivity (Wildman–Crippen MR) is 67.5 cm³/mol. The lowest BCUT2D eigenvalue weighted by molar-refractivity contribution is 0.188. The van der Waals surface area contributed by atoms with Gasteiger partial charge in [0.05, 0.1) is 0 Å². The van der Waals surface area contributed by atoms with Gasteiger partial charge < -0.3 is 14.2 Å². The average Bonchev–Trinajstić information content (AvgIpc) is 2.18. The van der Waals surface area contributed by atoms with E-state index in [1.807, 2.05) is 13.8 Å². The fraction of sp³-hybridized carbons (Fsp3) is 1.00. The molecule has 15 heavy (non-hydrogen) atoms. The van der Waals surface area contributed by atoms with Gasteiger partial charge in [0.2, 0.25) is 0 Å². The lowest BCUT2D eigenvalue weighted by Gasteiger charge is -2.25. The highest BCUT2D eigenvalue weighted by Gasteiger charge is 2.29. The zero-order valence-electron chi connectivity index (χ0n) is 10.8. The summed E-state index contributed by atoms with van der Waals surface area (Å²) >= 11 is 0. The standard InChI is InChI=1S/C11H27NO2Si/c1-5-9-12-10-8-11-15(4,13-6-2)14-7-3/h12H,5-11H2,1-4H3. The van der Waals surface area contributed by atoms with Crippen LogP contribution < -0.4 is 5.32 Å². The quantitative estimate of drug-likeness (QED) is 0.464. The maximum Gasteiger partial charge on any atom is 0.334 e. The lowest BCUT2D eigenvalue weighted by atomic mass is 10.4. The average molecular weight is 233 g/mol. The van der Waals surface area contributed by atoms with Gasteiger partial charge in [-0.2, -0.15) is 0 Å². The van der Waals surface area contributed by atoms with Crippen LogP contribution in [0.15, 0.2) is 0 Å². The molecule has 0 spiro atoms. The van der Waals surface area contributed by atoms with E-state index in [0.29, 0.717) is 0 Å². The second-order valence-electron chi connectivity index (χ2n) is 3.85. The van der Waals surface area contributed by atoms with Crippen LogP contribution in [0.25, 0.3) is 0 Å². The third-order valence-corrected chi connectivity index (χ3v) is 5.37. The molecule has 0 aliphatic carbocycles. The number of hydrogen-bond donors (Lipinski definition) is 1. The van der Waals surface area contributed by atoms with Gasteiger partial charge >= 0.3 is 8.56 Å². The molecule has 0 radical (unpaired) electrons. The molecule has 0 amide bonds. The van der Waals surface area contributed by atoms with Crippen molar-refractivity contribution in [2.45, 2.75) is 46.2 Å². The van der Waals surface area contributed by atoms with Crippen molar-refractivity contribution in [1.82, 2.24) is 5.32 Å². The Hall–Kier alpha value is 0.0969. The van der Waals surface area contributed by atoms with Gasteiger partial charge in [0.1, 0.15) is 0 Å². The number of nitrogens with one attached hydrogen (secondary N) is 1.